The zero-order valence-electron chi connectivity index (χ0n) is 20.6. The van der Waals surface area contributed by atoms with E-state index in [1.165, 1.54) is 0 Å². The van der Waals surface area contributed by atoms with Gasteiger partial charge in [-0.1, -0.05) is 97.1 Å². The Morgan fingerprint density at radius 3 is 1.97 bits per heavy atom. The molecule has 0 aliphatic rings. The third kappa shape index (κ3) is 5.94. The van der Waals surface area contributed by atoms with E-state index in [0.29, 0.717) is 17.8 Å². The summed E-state index contributed by atoms with van der Waals surface area (Å²) in [7, 11) is 0. The number of hydrogen-bond acceptors (Lipinski definition) is 3. The summed E-state index contributed by atoms with van der Waals surface area (Å²) in [5.41, 5.74) is 4.70. The van der Waals surface area contributed by atoms with E-state index in [1.54, 1.807) is 35.0 Å². The summed E-state index contributed by atoms with van der Waals surface area (Å²) in [5.74, 6) is -0.777. The van der Waals surface area contributed by atoms with Crippen LogP contribution in [0.15, 0.2) is 133 Å². The Bertz CT molecular complexity index is 1540. The lowest BCUT2D eigenvalue weighted by Crippen LogP contribution is -2.34. The Labute approximate surface area is 221 Å². The average molecular weight is 499 g/mol. The van der Waals surface area contributed by atoms with E-state index in [1.807, 2.05) is 103 Å². The lowest BCUT2D eigenvalue weighted by Gasteiger charge is -2.12. The summed E-state index contributed by atoms with van der Waals surface area (Å²) in [6, 6.07) is 39.8. The summed E-state index contributed by atoms with van der Waals surface area (Å²) < 4.78 is 1.77. The maximum atomic E-state index is 13.4. The predicted molar refractivity (Wildman–Crippen MR) is 149 cm³/mol. The number of amides is 2. The number of para-hydroxylation sites is 1. The summed E-state index contributed by atoms with van der Waals surface area (Å²) in [6.07, 6.45) is 1.66. The summed E-state index contributed by atoms with van der Waals surface area (Å²) in [5, 5.41) is 10.6. The van der Waals surface area contributed by atoms with Gasteiger partial charge in [0.1, 0.15) is 5.70 Å². The minimum atomic E-state index is -0.403. The van der Waals surface area contributed by atoms with Crippen molar-refractivity contribution in [3.8, 4) is 16.9 Å². The Morgan fingerprint density at radius 1 is 0.737 bits per heavy atom. The molecule has 0 aliphatic heterocycles. The van der Waals surface area contributed by atoms with Crippen LogP contribution < -0.4 is 10.6 Å². The molecule has 6 nitrogen and oxygen atoms in total. The first-order valence-electron chi connectivity index (χ1n) is 12.3. The number of benzene rings is 4. The molecule has 0 fully saturated rings. The van der Waals surface area contributed by atoms with E-state index in [2.05, 4.69) is 10.6 Å². The molecule has 2 amide bonds. The van der Waals surface area contributed by atoms with Crippen molar-refractivity contribution in [2.24, 2.45) is 0 Å². The van der Waals surface area contributed by atoms with E-state index < -0.39 is 5.91 Å². The van der Waals surface area contributed by atoms with Crippen molar-refractivity contribution in [2.75, 3.05) is 0 Å². The zero-order valence-corrected chi connectivity index (χ0v) is 20.6. The lowest BCUT2D eigenvalue weighted by molar-refractivity contribution is -0.117. The molecule has 0 radical (unpaired) electrons. The maximum absolute atomic E-state index is 13.4. The van der Waals surface area contributed by atoms with Gasteiger partial charge >= 0.3 is 0 Å². The number of hydrogen-bond donors (Lipinski definition) is 2. The van der Waals surface area contributed by atoms with Crippen LogP contribution in [0, 0.1) is 0 Å². The summed E-state index contributed by atoms with van der Waals surface area (Å²) >= 11 is 0. The fourth-order valence-corrected chi connectivity index (χ4v) is 3.99. The third-order valence-electron chi connectivity index (χ3n) is 5.92. The molecule has 38 heavy (non-hydrogen) atoms. The molecule has 5 rings (SSSR count). The molecule has 6 heteroatoms. The lowest BCUT2D eigenvalue weighted by atomic mass is 10.1. The van der Waals surface area contributed by atoms with E-state index in [-0.39, 0.29) is 11.6 Å². The standard InChI is InChI=1S/C32H26N4O2/c37-31(26-17-9-3-10-18-26)34-30(32(38)33-23-24-13-5-1-6-14-24)22-28-21-29(25-15-7-2-8-16-25)35-36(28)27-19-11-4-12-20-27/h1-22H,23H2,(H,33,38)(H,34,37). The van der Waals surface area contributed by atoms with Crippen LogP contribution in [0.1, 0.15) is 21.6 Å². The van der Waals surface area contributed by atoms with Crippen LogP contribution >= 0.6 is 0 Å². The largest absolute Gasteiger partial charge is 0.347 e. The molecule has 1 aromatic heterocycles. The number of rotatable bonds is 8. The molecule has 2 N–H and O–H groups in total. The first kappa shape index (κ1) is 24.5. The van der Waals surface area contributed by atoms with Gasteiger partial charge in [0.25, 0.3) is 11.8 Å². The highest BCUT2D eigenvalue weighted by Crippen LogP contribution is 2.23. The number of nitrogens with one attached hydrogen (secondary N) is 2. The van der Waals surface area contributed by atoms with Crippen molar-refractivity contribution < 1.29 is 9.59 Å². The van der Waals surface area contributed by atoms with E-state index in [9.17, 15) is 9.59 Å². The SMILES string of the molecule is O=C(NCc1ccccc1)C(=Cc1cc(-c2ccccc2)nn1-c1ccccc1)NC(=O)c1ccccc1. The highest BCUT2D eigenvalue weighted by molar-refractivity contribution is 6.05. The quantitative estimate of drug-likeness (QED) is 0.273. The van der Waals surface area contributed by atoms with E-state index in [4.69, 9.17) is 5.10 Å². The molecule has 0 saturated carbocycles. The van der Waals surface area contributed by atoms with Crippen molar-refractivity contribution in [2.45, 2.75) is 6.54 Å². The van der Waals surface area contributed by atoms with Crippen LogP contribution in [0.2, 0.25) is 0 Å². The Balaban J connectivity index is 1.54. The van der Waals surface area contributed by atoms with Gasteiger partial charge in [0.2, 0.25) is 0 Å². The zero-order chi connectivity index (χ0) is 26.2. The molecule has 0 atom stereocenters. The number of aromatic nitrogens is 2. The van der Waals surface area contributed by atoms with E-state index >= 15 is 0 Å². The molecule has 0 unspecified atom stereocenters. The van der Waals surface area contributed by atoms with Gasteiger partial charge in [-0.3, -0.25) is 9.59 Å². The minimum absolute atomic E-state index is 0.117. The minimum Gasteiger partial charge on any atom is -0.347 e. The van der Waals surface area contributed by atoms with Crippen LogP contribution in [0.4, 0.5) is 0 Å². The van der Waals surface area contributed by atoms with Gasteiger partial charge in [-0.15, -0.1) is 0 Å². The van der Waals surface area contributed by atoms with Crippen molar-refractivity contribution in [3.05, 3.63) is 150 Å². The molecule has 1 heterocycles. The molecule has 0 bridgehead atoms. The Morgan fingerprint density at radius 2 is 1.32 bits per heavy atom. The van der Waals surface area contributed by atoms with Crippen molar-refractivity contribution in [3.63, 3.8) is 0 Å². The molecular formula is C32H26N4O2. The molecule has 4 aromatic carbocycles. The number of carbonyl (C=O) groups excluding carboxylic acids is 2. The van der Waals surface area contributed by atoms with Crippen LogP contribution in [-0.2, 0) is 11.3 Å². The molecule has 186 valence electrons. The van der Waals surface area contributed by atoms with Gasteiger partial charge in [0.05, 0.1) is 17.1 Å². The molecule has 5 aromatic rings. The monoisotopic (exact) mass is 498 g/mol. The number of carbonyl (C=O) groups is 2. The normalized spacial score (nSPS) is 11.1. The summed E-state index contributed by atoms with van der Waals surface area (Å²) in [6.45, 7) is 0.325. The second-order valence-electron chi connectivity index (χ2n) is 8.61. The van der Waals surface area contributed by atoms with Crippen molar-refractivity contribution in [1.29, 1.82) is 0 Å². The van der Waals surface area contributed by atoms with E-state index in [0.717, 1.165) is 22.5 Å². The fraction of sp³-hybridized carbons (Fsp3) is 0.0312. The molecule has 0 saturated heterocycles. The van der Waals surface area contributed by atoms with Gasteiger partial charge in [-0.25, -0.2) is 4.68 Å². The fourth-order valence-electron chi connectivity index (χ4n) is 3.99. The molecule has 0 aliphatic carbocycles. The van der Waals surface area contributed by atoms with Crippen LogP contribution in [0.25, 0.3) is 23.0 Å². The summed E-state index contributed by atoms with van der Waals surface area (Å²) in [4.78, 5) is 26.4. The van der Waals surface area contributed by atoms with Gasteiger partial charge in [-0.2, -0.15) is 5.10 Å². The van der Waals surface area contributed by atoms with Crippen LogP contribution in [0.5, 0.6) is 0 Å². The van der Waals surface area contributed by atoms with Gasteiger partial charge in [0.15, 0.2) is 0 Å². The maximum Gasteiger partial charge on any atom is 0.268 e. The first-order chi connectivity index (χ1) is 18.7. The van der Waals surface area contributed by atoms with Crippen LogP contribution in [0.3, 0.4) is 0 Å². The van der Waals surface area contributed by atoms with Gasteiger partial charge in [-0.05, 0) is 42.0 Å². The molecule has 0 spiro atoms. The third-order valence-corrected chi connectivity index (χ3v) is 5.92. The van der Waals surface area contributed by atoms with Gasteiger partial charge < -0.3 is 10.6 Å². The smallest absolute Gasteiger partial charge is 0.268 e. The van der Waals surface area contributed by atoms with Gasteiger partial charge in [0, 0.05) is 17.7 Å². The Kier molecular flexibility index (Phi) is 7.51. The Hall–Kier alpha value is -5.23. The van der Waals surface area contributed by atoms with Crippen molar-refractivity contribution >= 4 is 17.9 Å². The second-order valence-corrected chi connectivity index (χ2v) is 8.61. The number of nitrogens with zero attached hydrogens (tertiary/aromatic N) is 2. The highest BCUT2D eigenvalue weighted by atomic mass is 16.2. The average Bonchev–Trinajstić information content (AvgIpc) is 3.41. The first-order valence-corrected chi connectivity index (χ1v) is 12.3. The predicted octanol–water partition coefficient (Wildman–Crippen LogP) is 5.63. The topological polar surface area (TPSA) is 76.0 Å². The highest BCUT2D eigenvalue weighted by Gasteiger charge is 2.17. The second kappa shape index (κ2) is 11.7. The van der Waals surface area contributed by atoms with Crippen LogP contribution in [-0.4, -0.2) is 21.6 Å². The molecular weight excluding hydrogens is 472 g/mol. The van der Waals surface area contributed by atoms with Crippen molar-refractivity contribution in [1.82, 2.24) is 20.4 Å².